The van der Waals surface area contributed by atoms with Crippen molar-refractivity contribution in [3.8, 4) is 5.75 Å². The third-order valence-corrected chi connectivity index (χ3v) is 6.80. The number of hydrogen-bond donors (Lipinski definition) is 1. The van der Waals surface area contributed by atoms with Crippen LogP contribution in [-0.4, -0.2) is 51.4 Å². The monoisotopic (exact) mass is 410 g/mol. The number of anilines is 1. The van der Waals surface area contributed by atoms with Crippen molar-refractivity contribution >= 4 is 27.6 Å². The van der Waals surface area contributed by atoms with Crippen molar-refractivity contribution < 1.29 is 27.5 Å². The number of carbonyl (C=O) groups is 2. The molecular formula is C19H26N2O6S. The molecule has 1 heterocycles. The standard InChI is InChI=1S/C19H26N2O6S/c1-26-17-9-8-15(28(24,25)21-10-4-2-3-5-11-21)12-16(17)20-18(22)13-27-19(23)14-6-7-14/h8-9,12,14H,2-7,10-11,13H2,1H3,(H,20,22). The molecule has 3 rings (SSSR count). The molecule has 9 heteroatoms. The smallest absolute Gasteiger partial charge is 0.309 e. The maximum Gasteiger partial charge on any atom is 0.309 e. The van der Waals surface area contributed by atoms with E-state index in [0.717, 1.165) is 38.5 Å². The van der Waals surface area contributed by atoms with Crippen molar-refractivity contribution in [3.63, 3.8) is 0 Å². The van der Waals surface area contributed by atoms with Crippen LogP contribution in [0, 0.1) is 5.92 Å². The van der Waals surface area contributed by atoms with Crippen LogP contribution in [0.1, 0.15) is 38.5 Å². The molecule has 0 bridgehead atoms. The molecule has 0 atom stereocenters. The Kier molecular flexibility index (Phi) is 6.56. The van der Waals surface area contributed by atoms with E-state index in [-0.39, 0.29) is 22.5 Å². The molecule has 1 aromatic carbocycles. The normalized spacial score (nSPS) is 18.2. The number of amides is 1. The first-order valence-corrected chi connectivity index (χ1v) is 11.0. The summed E-state index contributed by atoms with van der Waals surface area (Å²) in [5.41, 5.74) is 0.228. The summed E-state index contributed by atoms with van der Waals surface area (Å²) < 4.78 is 37.6. The van der Waals surface area contributed by atoms with Crippen LogP contribution in [-0.2, 0) is 24.3 Å². The van der Waals surface area contributed by atoms with Gasteiger partial charge in [0.15, 0.2) is 6.61 Å². The van der Waals surface area contributed by atoms with Gasteiger partial charge in [-0.05, 0) is 43.9 Å². The van der Waals surface area contributed by atoms with Crippen molar-refractivity contribution in [3.05, 3.63) is 18.2 Å². The van der Waals surface area contributed by atoms with Crippen LogP contribution < -0.4 is 10.1 Å². The van der Waals surface area contributed by atoms with Gasteiger partial charge in [0.1, 0.15) is 5.75 Å². The van der Waals surface area contributed by atoms with Crippen LogP contribution in [0.2, 0.25) is 0 Å². The van der Waals surface area contributed by atoms with E-state index in [1.807, 2.05) is 0 Å². The Morgan fingerprint density at radius 3 is 2.43 bits per heavy atom. The van der Waals surface area contributed by atoms with Crippen LogP contribution >= 0.6 is 0 Å². The highest BCUT2D eigenvalue weighted by atomic mass is 32.2. The Balaban J connectivity index is 1.73. The van der Waals surface area contributed by atoms with E-state index in [2.05, 4.69) is 5.32 Å². The summed E-state index contributed by atoms with van der Waals surface area (Å²) >= 11 is 0. The summed E-state index contributed by atoms with van der Waals surface area (Å²) in [6.45, 7) is 0.571. The molecular weight excluding hydrogens is 384 g/mol. The van der Waals surface area contributed by atoms with Gasteiger partial charge in [-0.15, -0.1) is 0 Å². The molecule has 2 aliphatic rings. The predicted molar refractivity (Wildman–Crippen MR) is 103 cm³/mol. The molecule has 1 aliphatic heterocycles. The number of nitrogens with zero attached hydrogens (tertiary/aromatic N) is 1. The molecule has 28 heavy (non-hydrogen) atoms. The Labute approximate surface area is 165 Å². The van der Waals surface area contributed by atoms with Crippen molar-refractivity contribution in [1.82, 2.24) is 4.31 Å². The fourth-order valence-electron chi connectivity index (χ4n) is 3.14. The molecule has 1 saturated heterocycles. The van der Waals surface area contributed by atoms with E-state index in [4.69, 9.17) is 9.47 Å². The van der Waals surface area contributed by atoms with E-state index >= 15 is 0 Å². The molecule has 0 radical (unpaired) electrons. The number of rotatable bonds is 7. The first-order chi connectivity index (χ1) is 13.4. The molecule has 154 valence electrons. The lowest BCUT2D eigenvalue weighted by molar-refractivity contribution is -0.148. The number of hydrogen-bond acceptors (Lipinski definition) is 6. The SMILES string of the molecule is COc1ccc(S(=O)(=O)N2CCCCCC2)cc1NC(=O)COC(=O)C1CC1. The lowest BCUT2D eigenvalue weighted by Crippen LogP contribution is -2.32. The highest BCUT2D eigenvalue weighted by Gasteiger charge is 2.31. The van der Waals surface area contributed by atoms with E-state index < -0.39 is 22.5 Å². The Morgan fingerprint density at radius 2 is 1.82 bits per heavy atom. The van der Waals surface area contributed by atoms with Crippen molar-refractivity contribution in [2.75, 3.05) is 32.1 Å². The van der Waals surface area contributed by atoms with Gasteiger partial charge in [-0.1, -0.05) is 12.8 Å². The Bertz CT molecular complexity index is 827. The van der Waals surface area contributed by atoms with Crippen LogP contribution in [0.3, 0.4) is 0 Å². The van der Waals surface area contributed by atoms with Gasteiger partial charge in [-0.25, -0.2) is 8.42 Å². The number of esters is 1. The molecule has 1 amide bonds. The van der Waals surface area contributed by atoms with Crippen LogP contribution in [0.5, 0.6) is 5.75 Å². The van der Waals surface area contributed by atoms with E-state index in [9.17, 15) is 18.0 Å². The van der Waals surface area contributed by atoms with Crippen LogP contribution in [0.4, 0.5) is 5.69 Å². The summed E-state index contributed by atoms with van der Waals surface area (Å²) in [4.78, 5) is 23.8. The van der Waals surface area contributed by atoms with Gasteiger partial charge in [0, 0.05) is 13.1 Å². The minimum atomic E-state index is -3.66. The van der Waals surface area contributed by atoms with Crippen molar-refractivity contribution in [2.24, 2.45) is 5.92 Å². The molecule has 1 aliphatic carbocycles. The second kappa shape index (κ2) is 8.91. The van der Waals surface area contributed by atoms with Gasteiger partial charge >= 0.3 is 5.97 Å². The van der Waals surface area contributed by atoms with E-state index in [1.165, 1.54) is 29.6 Å². The fourth-order valence-corrected chi connectivity index (χ4v) is 4.68. The number of ether oxygens (including phenoxy) is 2. The Hall–Kier alpha value is -2.13. The van der Waals surface area contributed by atoms with Crippen molar-refractivity contribution in [2.45, 2.75) is 43.4 Å². The lowest BCUT2D eigenvalue weighted by atomic mass is 10.2. The minimum absolute atomic E-state index is 0.0931. The number of sulfonamides is 1. The predicted octanol–water partition coefficient (Wildman–Crippen LogP) is 2.15. The van der Waals surface area contributed by atoms with E-state index in [0.29, 0.717) is 18.8 Å². The third kappa shape index (κ3) is 5.02. The number of benzene rings is 1. The van der Waals surface area contributed by atoms with Gasteiger partial charge in [-0.3, -0.25) is 9.59 Å². The van der Waals surface area contributed by atoms with Gasteiger partial charge in [0.2, 0.25) is 10.0 Å². The molecule has 1 aromatic rings. The van der Waals surface area contributed by atoms with Gasteiger partial charge < -0.3 is 14.8 Å². The van der Waals surface area contributed by atoms with Crippen molar-refractivity contribution in [1.29, 1.82) is 0 Å². The fraction of sp³-hybridized carbons (Fsp3) is 0.579. The highest BCUT2D eigenvalue weighted by molar-refractivity contribution is 7.89. The maximum atomic E-state index is 13.0. The topological polar surface area (TPSA) is 102 Å². The quantitative estimate of drug-likeness (QED) is 0.691. The second-order valence-electron chi connectivity index (χ2n) is 7.11. The number of carbonyl (C=O) groups excluding carboxylic acids is 2. The molecule has 0 aromatic heterocycles. The third-order valence-electron chi connectivity index (χ3n) is 4.90. The second-order valence-corrected chi connectivity index (χ2v) is 9.05. The first kappa shape index (κ1) is 20.6. The summed E-state index contributed by atoms with van der Waals surface area (Å²) in [6.07, 6.45) is 5.32. The molecule has 2 fully saturated rings. The zero-order chi connectivity index (χ0) is 20.1. The zero-order valence-corrected chi connectivity index (χ0v) is 16.8. The average Bonchev–Trinajstić information content (AvgIpc) is 3.52. The summed E-state index contributed by atoms with van der Waals surface area (Å²) in [5, 5.41) is 2.58. The molecule has 0 unspecified atom stereocenters. The summed E-state index contributed by atoms with van der Waals surface area (Å²) in [5.74, 6) is -0.683. The largest absolute Gasteiger partial charge is 0.495 e. The number of methoxy groups -OCH3 is 1. The van der Waals surface area contributed by atoms with E-state index in [1.54, 1.807) is 0 Å². The van der Waals surface area contributed by atoms with Crippen LogP contribution in [0.25, 0.3) is 0 Å². The average molecular weight is 410 g/mol. The van der Waals surface area contributed by atoms with Gasteiger partial charge in [0.25, 0.3) is 5.91 Å². The lowest BCUT2D eigenvalue weighted by Gasteiger charge is -2.21. The highest BCUT2D eigenvalue weighted by Crippen LogP contribution is 2.31. The minimum Gasteiger partial charge on any atom is -0.495 e. The molecule has 1 N–H and O–H groups in total. The van der Waals surface area contributed by atoms with Gasteiger partial charge in [-0.2, -0.15) is 4.31 Å². The number of nitrogens with one attached hydrogen (secondary N) is 1. The van der Waals surface area contributed by atoms with Crippen LogP contribution in [0.15, 0.2) is 23.1 Å². The molecule has 1 saturated carbocycles. The summed E-state index contributed by atoms with van der Waals surface area (Å²) in [6, 6.07) is 4.37. The summed E-state index contributed by atoms with van der Waals surface area (Å²) in [7, 11) is -2.22. The zero-order valence-electron chi connectivity index (χ0n) is 16.0. The molecule has 8 nitrogen and oxygen atoms in total. The first-order valence-electron chi connectivity index (χ1n) is 9.56. The maximum absolute atomic E-state index is 13.0. The van der Waals surface area contributed by atoms with Gasteiger partial charge in [0.05, 0.1) is 23.6 Å². The Morgan fingerprint density at radius 1 is 1.14 bits per heavy atom. The molecule has 0 spiro atoms.